The number of amides is 2. The molecule has 0 aromatic heterocycles. The summed E-state index contributed by atoms with van der Waals surface area (Å²) in [5.74, 6) is -0.250. The van der Waals surface area contributed by atoms with Crippen LogP contribution in [0.25, 0.3) is 0 Å². The predicted molar refractivity (Wildman–Crippen MR) is 153 cm³/mol. The lowest BCUT2D eigenvalue weighted by Crippen LogP contribution is -2.51. The molecule has 0 radical (unpaired) electrons. The molecule has 8 nitrogen and oxygen atoms in total. The molecule has 0 bridgehead atoms. The van der Waals surface area contributed by atoms with Gasteiger partial charge in [-0.25, -0.2) is 8.42 Å². The van der Waals surface area contributed by atoms with Gasteiger partial charge in [0.1, 0.15) is 18.3 Å². The van der Waals surface area contributed by atoms with Crippen molar-refractivity contribution >= 4 is 39.1 Å². The zero-order chi connectivity index (χ0) is 28.6. The van der Waals surface area contributed by atoms with E-state index in [-0.39, 0.29) is 17.3 Å². The van der Waals surface area contributed by atoms with E-state index < -0.39 is 28.5 Å². The maximum atomic E-state index is 13.9. The Bertz CT molecular complexity index is 1380. The van der Waals surface area contributed by atoms with Gasteiger partial charge in [-0.05, 0) is 74.4 Å². The molecule has 0 aliphatic rings. The van der Waals surface area contributed by atoms with Gasteiger partial charge in [-0.15, -0.1) is 0 Å². The van der Waals surface area contributed by atoms with Crippen LogP contribution in [0.5, 0.6) is 5.75 Å². The molecule has 2 amide bonds. The lowest BCUT2D eigenvalue weighted by molar-refractivity contribution is -0.139. The summed E-state index contributed by atoms with van der Waals surface area (Å²) in [5, 5.41) is 3.22. The highest BCUT2D eigenvalue weighted by Crippen LogP contribution is 2.26. The van der Waals surface area contributed by atoms with Crippen LogP contribution < -0.4 is 14.4 Å². The van der Waals surface area contributed by atoms with Crippen molar-refractivity contribution in [2.75, 3.05) is 24.5 Å². The first-order valence-electron chi connectivity index (χ1n) is 12.6. The molecule has 0 aliphatic heterocycles. The van der Waals surface area contributed by atoms with Gasteiger partial charge in [0.05, 0.1) is 17.7 Å². The monoisotopic (exact) mass is 571 g/mol. The Kier molecular flexibility index (Phi) is 10.4. The topological polar surface area (TPSA) is 96.0 Å². The van der Waals surface area contributed by atoms with E-state index in [1.54, 1.807) is 56.5 Å². The van der Waals surface area contributed by atoms with Crippen molar-refractivity contribution in [2.45, 2.75) is 44.7 Å². The third kappa shape index (κ3) is 7.74. The highest BCUT2D eigenvalue weighted by molar-refractivity contribution is 7.92. The quantitative estimate of drug-likeness (QED) is 0.337. The predicted octanol–water partition coefficient (Wildman–Crippen LogP) is 4.80. The van der Waals surface area contributed by atoms with Crippen LogP contribution in [0.3, 0.4) is 0 Å². The molecule has 10 heteroatoms. The number of halogens is 1. The minimum Gasteiger partial charge on any atom is -0.497 e. The van der Waals surface area contributed by atoms with Gasteiger partial charge in [0.15, 0.2) is 0 Å². The molecule has 0 spiro atoms. The number of benzene rings is 3. The zero-order valence-electron chi connectivity index (χ0n) is 22.6. The normalized spacial score (nSPS) is 11.9. The van der Waals surface area contributed by atoms with Crippen LogP contribution in [0, 0.1) is 6.92 Å². The highest BCUT2D eigenvalue weighted by atomic mass is 35.5. The third-order valence-corrected chi connectivity index (χ3v) is 8.25. The first-order chi connectivity index (χ1) is 18.6. The Morgan fingerprint density at radius 1 is 1.03 bits per heavy atom. The first kappa shape index (κ1) is 30.0. The second-order valence-electron chi connectivity index (χ2n) is 9.14. The fourth-order valence-corrected chi connectivity index (χ4v) is 5.46. The van der Waals surface area contributed by atoms with Crippen LogP contribution in [-0.4, -0.2) is 51.4 Å². The van der Waals surface area contributed by atoms with Crippen LogP contribution in [-0.2, 0) is 26.2 Å². The summed E-state index contributed by atoms with van der Waals surface area (Å²) in [6, 6.07) is 19.0. The van der Waals surface area contributed by atoms with Gasteiger partial charge in [-0.1, -0.05) is 48.4 Å². The van der Waals surface area contributed by atoms with Gasteiger partial charge in [-0.3, -0.25) is 13.9 Å². The number of carbonyl (C=O) groups excluding carboxylic acids is 2. The van der Waals surface area contributed by atoms with E-state index in [0.29, 0.717) is 23.0 Å². The summed E-state index contributed by atoms with van der Waals surface area (Å²) in [7, 11) is -2.60. The lowest BCUT2D eigenvalue weighted by atomic mass is 10.1. The molecule has 39 heavy (non-hydrogen) atoms. The molecule has 1 N–H and O–H groups in total. The van der Waals surface area contributed by atoms with Gasteiger partial charge >= 0.3 is 0 Å². The number of anilines is 1. The van der Waals surface area contributed by atoms with E-state index in [4.69, 9.17) is 16.3 Å². The van der Waals surface area contributed by atoms with Crippen LogP contribution in [0.4, 0.5) is 5.69 Å². The molecule has 0 saturated heterocycles. The van der Waals surface area contributed by atoms with E-state index in [9.17, 15) is 18.0 Å². The SMILES string of the molecule is CCCNC(=O)[C@H](C)N(Cc1cccc(OC)c1)C(=O)CN(c1ccc(C)cc1)S(=O)(=O)c1ccc(Cl)cc1. The number of nitrogens with one attached hydrogen (secondary N) is 1. The van der Waals surface area contributed by atoms with E-state index >= 15 is 0 Å². The van der Waals surface area contributed by atoms with Crippen molar-refractivity contribution in [1.82, 2.24) is 10.2 Å². The number of hydrogen-bond acceptors (Lipinski definition) is 5. The highest BCUT2D eigenvalue weighted by Gasteiger charge is 2.32. The number of hydrogen-bond donors (Lipinski definition) is 1. The number of rotatable bonds is 12. The van der Waals surface area contributed by atoms with Crippen molar-refractivity contribution in [2.24, 2.45) is 0 Å². The molecule has 0 aliphatic carbocycles. The summed E-state index contributed by atoms with van der Waals surface area (Å²) in [6.45, 7) is 5.49. The van der Waals surface area contributed by atoms with Crippen molar-refractivity contribution in [3.8, 4) is 5.75 Å². The van der Waals surface area contributed by atoms with Gasteiger partial charge in [0.2, 0.25) is 11.8 Å². The van der Waals surface area contributed by atoms with Crippen LogP contribution in [0.2, 0.25) is 5.02 Å². The molecular weight excluding hydrogens is 538 g/mol. The summed E-state index contributed by atoms with van der Waals surface area (Å²) < 4.78 is 34.0. The molecule has 0 heterocycles. The average Bonchev–Trinajstić information content (AvgIpc) is 2.93. The Morgan fingerprint density at radius 3 is 2.31 bits per heavy atom. The molecule has 3 aromatic rings. The van der Waals surface area contributed by atoms with E-state index in [1.807, 2.05) is 19.9 Å². The Balaban J connectivity index is 2.02. The van der Waals surface area contributed by atoms with Crippen molar-refractivity contribution in [3.63, 3.8) is 0 Å². The molecule has 0 fully saturated rings. The smallest absolute Gasteiger partial charge is 0.264 e. The fourth-order valence-electron chi connectivity index (χ4n) is 3.92. The second kappa shape index (κ2) is 13.5. The van der Waals surface area contributed by atoms with Crippen molar-refractivity contribution in [3.05, 3.63) is 88.9 Å². The maximum absolute atomic E-state index is 13.9. The van der Waals surface area contributed by atoms with Gasteiger partial charge in [0, 0.05) is 18.1 Å². The summed E-state index contributed by atoms with van der Waals surface area (Å²) in [5.41, 5.74) is 2.00. The summed E-state index contributed by atoms with van der Waals surface area (Å²) in [6.07, 6.45) is 0.739. The molecule has 0 saturated carbocycles. The van der Waals surface area contributed by atoms with Crippen molar-refractivity contribution in [1.29, 1.82) is 0 Å². The average molecular weight is 572 g/mol. The molecule has 0 unspecified atom stereocenters. The molecule has 1 atom stereocenters. The molecule has 3 rings (SSSR count). The van der Waals surface area contributed by atoms with Gasteiger partial charge in [0.25, 0.3) is 10.0 Å². The Labute approximate surface area is 235 Å². The summed E-state index contributed by atoms with van der Waals surface area (Å²) >= 11 is 5.98. The second-order valence-corrected chi connectivity index (χ2v) is 11.4. The number of carbonyl (C=O) groups is 2. The third-order valence-electron chi connectivity index (χ3n) is 6.21. The Morgan fingerprint density at radius 2 is 1.69 bits per heavy atom. The van der Waals surface area contributed by atoms with Crippen molar-refractivity contribution < 1.29 is 22.7 Å². The van der Waals surface area contributed by atoms with E-state index in [0.717, 1.165) is 21.9 Å². The minimum atomic E-state index is -4.15. The van der Waals surface area contributed by atoms with Gasteiger partial charge < -0.3 is 15.0 Å². The Hall–Kier alpha value is -3.56. The number of methoxy groups -OCH3 is 1. The van der Waals surface area contributed by atoms with E-state index in [2.05, 4.69) is 5.32 Å². The number of sulfonamides is 1. The molecule has 208 valence electrons. The number of aryl methyl sites for hydroxylation is 1. The largest absolute Gasteiger partial charge is 0.497 e. The minimum absolute atomic E-state index is 0.00615. The van der Waals surface area contributed by atoms with Crippen LogP contribution >= 0.6 is 11.6 Å². The van der Waals surface area contributed by atoms with E-state index in [1.165, 1.54) is 29.2 Å². The standard InChI is InChI=1S/C29H34ClN3O5S/c1-5-17-31-29(35)22(3)32(19-23-7-6-8-26(18-23)38-4)28(34)20-33(25-13-9-21(2)10-14-25)39(36,37)27-15-11-24(30)12-16-27/h6-16,18,22H,5,17,19-20H2,1-4H3,(H,31,35)/t22-/m0/s1. The number of nitrogens with zero attached hydrogens (tertiary/aromatic N) is 2. The van der Waals surface area contributed by atoms with Crippen LogP contribution in [0.15, 0.2) is 77.7 Å². The van der Waals surface area contributed by atoms with Gasteiger partial charge in [-0.2, -0.15) is 0 Å². The lowest BCUT2D eigenvalue weighted by Gasteiger charge is -2.32. The zero-order valence-corrected chi connectivity index (χ0v) is 24.1. The fraction of sp³-hybridized carbons (Fsp3) is 0.310. The number of ether oxygens (including phenoxy) is 1. The molecule has 3 aromatic carbocycles. The first-order valence-corrected chi connectivity index (χ1v) is 14.4. The molecular formula is C29H34ClN3O5S. The maximum Gasteiger partial charge on any atom is 0.264 e. The summed E-state index contributed by atoms with van der Waals surface area (Å²) in [4.78, 5) is 28.2. The van der Waals surface area contributed by atoms with Crippen LogP contribution in [0.1, 0.15) is 31.4 Å².